The summed E-state index contributed by atoms with van der Waals surface area (Å²) in [5.41, 5.74) is 1.77. The largest absolute Gasteiger partial charge is 0.396 e. The average Bonchev–Trinajstić information content (AvgIpc) is 2.89. The van der Waals surface area contributed by atoms with Crippen molar-refractivity contribution in [3.63, 3.8) is 0 Å². The minimum Gasteiger partial charge on any atom is -0.396 e. The van der Waals surface area contributed by atoms with Crippen molar-refractivity contribution < 1.29 is 5.11 Å². The van der Waals surface area contributed by atoms with Crippen LogP contribution in [-0.4, -0.2) is 22.8 Å². The molecule has 1 heterocycles. The molecule has 0 spiro atoms. The van der Waals surface area contributed by atoms with Crippen molar-refractivity contribution in [1.82, 2.24) is 9.88 Å². The Morgan fingerprint density at radius 1 is 1.50 bits per heavy atom. The van der Waals surface area contributed by atoms with E-state index in [1.54, 1.807) is 0 Å². The number of aliphatic hydroxyl groups is 1. The van der Waals surface area contributed by atoms with Gasteiger partial charge in [0.25, 0.3) is 0 Å². The van der Waals surface area contributed by atoms with Crippen LogP contribution in [0.2, 0.25) is 0 Å². The molecule has 2 rings (SSSR count). The summed E-state index contributed by atoms with van der Waals surface area (Å²) in [5, 5.41) is 12.5. The van der Waals surface area contributed by atoms with E-state index in [9.17, 15) is 0 Å². The summed E-state index contributed by atoms with van der Waals surface area (Å²) in [6, 6.07) is 2.17. The topological polar surface area (TPSA) is 37.2 Å². The van der Waals surface area contributed by atoms with Gasteiger partial charge in [0.15, 0.2) is 0 Å². The van der Waals surface area contributed by atoms with Gasteiger partial charge in [0.05, 0.1) is 0 Å². The zero-order chi connectivity index (χ0) is 11.4. The molecule has 90 valence electrons. The molecular weight excluding hydrogens is 200 g/mol. The molecule has 1 aromatic rings. The summed E-state index contributed by atoms with van der Waals surface area (Å²) < 4.78 is 2.19. The molecule has 3 nitrogen and oxygen atoms in total. The van der Waals surface area contributed by atoms with Crippen molar-refractivity contribution in [2.75, 3.05) is 13.2 Å². The van der Waals surface area contributed by atoms with E-state index < -0.39 is 0 Å². The van der Waals surface area contributed by atoms with E-state index in [1.165, 1.54) is 18.4 Å². The van der Waals surface area contributed by atoms with Crippen molar-refractivity contribution in [3.05, 3.63) is 24.0 Å². The Kier molecular flexibility index (Phi) is 3.66. The van der Waals surface area contributed by atoms with Crippen LogP contribution in [0.25, 0.3) is 0 Å². The summed E-state index contributed by atoms with van der Waals surface area (Å²) in [5.74, 6) is 0. The smallest absolute Gasteiger partial charge is 0.0436 e. The molecular formula is C13H22N2O. The summed E-state index contributed by atoms with van der Waals surface area (Å²) in [7, 11) is 0. The number of aromatic nitrogens is 1. The van der Waals surface area contributed by atoms with Crippen LogP contribution in [-0.2, 0) is 13.1 Å². The van der Waals surface area contributed by atoms with Gasteiger partial charge in [-0.2, -0.15) is 0 Å². The van der Waals surface area contributed by atoms with Crippen LogP contribution in [0.5, 0.6) is 0 Å². The van der Waals surface area contributed by atoms with Gasteiger partial charge in [-0.1, -0.05) is 0 Å². The van der Waals surface area contributed by atoms with E-state index >= 15 is 0 Å². The molecule has 3 heteroatoms. The lowest BCUT2D eigenvalue weighted by Gasteiger charge is -2.13. The first-order valence-corrected chi connectivity index (χ1v) is 6.24. The summed E-state index contributed by atoms with van der Waals surface area (Å²) in [6.07, 6.45) is 7.82. The number of hydrogen-bond donors (Lipinski definition) is 2. The van der Waals surface area contributed by atoms with Gasteiger partial charge in [0, 0.05) is 38.6 Å². The zero-order valence-corrected chi connectivity index (χ0v) is 10.1. The maximum absolute atomic E-state index is 8.96. The number of aryl methyl sites for hydroxylation is 1. The van der Waals surface area contributed by atoms with Crippen LogP contribution in [0.1, 0.15) is 31.7 Å². The van der Waals surface area contributed by atoms with E-state index in [0.29, 0.717) is 12.0 Å². The fourth-order valence-corrected chi connectivity index (χ4v) is 2.19. The van der Waals surface area contributed by atoms with Crippen molar-refractivity contribution in [2.45, 2.75) is 39.3 Å². The molecule has 0 saturated heterocycles. The summed E-state index contributed by atoms with van der Waals surface area (Å²) in [6.45, 7) is 5.50. The standard InChI is InChI=1S/C13H22N2O/c1-2-15-7-3-12(10-15)9-14-11-13(4-5-13)6-8-16/h3,7,10,14,16H,2,4-6,8-9,11H2,1H3. The highest BCUT2D eigenvalue weighted by Gasteiger charge is 2.41. The average molecular weight is 222 g/mol. The van der Waals surface area contributed by atoms with Crippen LogP contribution in [0, 0.1) is 5.41 Å². The highest BCUT2D eigenvalue weighted by atomic mass is 16.3. The van der Waals surface area contributed by atoms with Crippen LogP contribution >= 0.6 is 0 Å². The van der Waals surface area contributed by atoms with Gasteiger partial charge >= 0.3 is 0 Å². The molecule has 16 heavy (non-hydrogen) atoms. The number of hydrogen-bond acceptors (Lipinski definition) is 2. The quantitative estimate of drug-likeness (QED) is 0.737. The number of rotatable bonds is 7. The second kappa shape index (κ2) is 5.02. The molecule has 0 bridgehead atoms. The maximum atomic E-state index is 8.96. The lowest BCUT2D eigenvalue weighted by molar-refractivity contribution is 0.245. The second-order valence-corrected chi connectivity index (χ2v) is 4.93. The minimum atomic E-state index is 0.327. The van der Waals surface area contributed by atoms with Crippen molar-refractivity contribution in [3.8, 4) is 0 Å². The maximum Gasteiger partial charge on any atom is 0.0436 e. The molecule has 0 aromatic carbocycles. The molecule has 0 aliphatic heterocycles. The van der Waals surface area contributed by atoms with Crippen LogP contribution in [0.3, 0.4) is 0 Å². The molecule has 0 radical (unpaired) electrons. The first-order chi connectivity index (χ1) is 7.78. The van der Waals surface area contributed by atoms with Gasteiger partial charge in [-0.15, -0.1) is 0 Å². The molecule has 1 saturated carbocycles. The lowest BCUT2D eigenvalue weighted by atomic mass is 10.0. The molecule has 2 N–H and O–H groups in total. The SMILES string of the molecule is CCn1ccc(CNCC2(CCO)CC2)c1. The lowest BCUT2D eigenvalue weighted by Crippen LogP contribution is -2.24. The molecule has 0 amide bonds. The van der Waals surface area contributed by atoms with Gasteiger partial charge in [-0.3, -0.25) is 0 Å². The third kappa shape index (κ3) is 2.86. The summed E-state index contributed by atoms with van der Waals surface area (Å²) in [4.78, 5) is 0. The fraction of sp³-hybridized carbons (Fsp3) is 0.692. The minimum absolute atomic E-state index is 0.327. The second-order valence-electron chi connectivity index (χ2n) is 4.93. The van der Waals surface area contributed by atoms with Gasteiger partial charge in [-0.05, 0) is 43.2 Å². The molecule has 1 aliphatic rings. The normalized spacial score (nSPS) is 17.6. The van der Waals surface area contributed by atoms with E-state index in [-0.39, 0.29) is 0 Å². The highest BCUT2D eigenvalue weighted by Crippen LogP contribution is 2.47. The molecule has 1 aromatic heterocycles. The van der Waals surface area contributed by atoms with Gasteiger partial charge in [0.1, 0.15) is 0 Å². The Labute approximate surface area is 97.5 Å². The monoisotopic (exact) mass is 222 g/mol. The highest BCUT2D eigenvalue weighted by molar-refractivity contribution is 5.10. The van der Waals surface area contributed by atoms with Crippen LogP contribution in [0.15, 0.2) is 18.5 Å². The van der Waals surface area contributed by atoms with Crippen LogP contribution < -0.4 is 5.32 Å². The van der Waals surface area contributed by atoms with Crippen molar-refractivity contribution in [1.29, 1.82) is 0 Å². The number of nitrogens with zero attached hydrogens (tertiary/aromatic N) is 1. The molecule has 1 fully saturated rings. The van der Waals surface area contributed by atoms with E-state index in [4.69, 9.17) is 5.11 Å². The van der Waals surface area contributed by atoms with Gasteiger partial charge in [-0.25, -0.2) is 0 Å². The molecule has 0 unspecified atom stereocenters. The third-order valence-electron chi connectivity index (χ3n) is 3.61. The first kappa shape index (κ1) is 11.7. The van der Waals surface area contributed by atoms with Gasteiger partial charge in [0.2, 0.25) is 0 Å². The van der Waals surface area contributed by atoms with Crippen LogP contribution in [0.4, 0.5) is 0 Å². The number of nitrogens with one attached hydrogen (secondary N) is 1. The Balaban J connectivity index is 1.71. The fourth-order valence-electron chi connectivity index (χ4n) is 2.19. The third-order valence-corrected chi connectivity index (χ3v) is 3.61. The van der Waals surface area contributed by atoms with E-state index in [2.05, 4.69) is 35.3 Å². The summed E-state index contributed by atoms with van der Waals surface area (Å²) >= 11 is 0. The predicted molar refractivity (Wildman–Crippen MR) is 65.2 cm³/mol. The van der Waals surface area contributed by atoms with E-state index in [1.807, 2.05) is 0 Å². The van der Waals surface area contributed by atoms with Crippen molar-refractivity contribution >= 4 is 0 Å². The van der Waals surface area contributed by atoms with Gasteiger partial charge < -0.3 is 15.0 Å². The predicted octanol–water partition coefficient (Wildman–Crippen LogP) is 1.76. The first-order valence-electron chi connectivity index (χ1n) is 6.24. The number of aliphatic hydroxyl groups excluding tert-OH is 1. The Bertz CT molecular complexity index is 328. The Morgan fingerprint density at radius 3 is 2.88 bits per heavy atom. The zero-order valence-electron chi connectivity index (χ0n) is 10.1. The van der Waals surface area contributed by atoms with Crippen molar-refractivity contribution in [2.24, 2.45) is 5.41 Å². The molecule has 0 atom stereocenters. The Morgan fingerprint density at radius 2 is 2.31 bits per heavy atom. The Hall–Kier alpha value is -0.800. The molecule has 1 aliphatic carbocycles. The van der Waals surface area contributed by atoms with E-state index in [0.717, 1.165) is 26.1 Å².